The van der Waals surface area contributed by atoms with Crippen LogP contribution in [-0.2, 0) is 12.8 Å². The number of ether oxygens (including phenoxy) is 1. The molecule has 0 fully saturated rings. The summed E-state index contributed by atoms with van der Waals surface area (Å²) in [6.45, 7) is 4.41. The predicted molar refractivity (Wildman–Crippen MR) is 95.4 cm³/mol. The Morgan fingerprint density at radius 1 is 0.913 bits per heavy atom. The van der Waals surface area contributed by atoms with Crippen molar-refractivity contribution in [1.29, 1.82) is 0 Å². The van der Waals surface area contributed by atoms with Crippen LogP contribution in [0.25, 0.3) is 0 Å². The highest BCUT2D eigenvalue weighted by Gasteiger charge is 2.12. The molecule has 0 aliphatic rings. The first-order valence-corrected chi connectivity index (χ1v) is 9.20. The number of hydrogen-bond donors (Lipinski definition) is 1. The molecule has 3 heteroatoms. The van der Waals surface area contributed by atoms with Gasteiger partial charge in [-0.25, -0.2) is 4.79 Å². The van der Waals surface area contributed by atoms with Crippen LogP contribution in [0.2, 0.25) is 0 Å². The van der Waals surface area contributed by atoms with Crippen molar-refractivity contribution in [2.45, 2.75) is 84.5 Å². The van der Waals surface area contributed by atoms with Gasteiger partial charge in [0, 0.05) is 0 Å². The molecule has 1 N–H and O–H groups in total. The first kappa shape index (κ1) is 19.5. The minimum Gasteiger partial charge on any atom is -0.449 e. The molecule has 0 heterocycles. The summed E-state index contributed by atoms with van der Waals surface area (Å²) in [5.74, 6) is 0.525. The second-order valence-electron chi connectivity index (χ2n) is 6.24. The van der Waals surface area contributed by atoms with Crippen molar-refractivity contribution in [1.82, 2.24) is 0 Å². The van der Waals surface area contributed by atoms with Crippen LogP contribution in [0.1, 0.15) is 82.8 Å². The second-order valence-corrected chi connectivity index (χ2v) is 6.24. The number of carbonyl (C=O) groups is 1. The summed E-state index contributed by atoms with van der Waals surface area (Å²) in [6, 6.07) is 5.79. The molecule has 0 bridgehead atoms. The highest BCUT2D eigenvalue weighted by molar-refractivity contribution is 5.62. The van der Waals surface area contributed by atoms with Crippen molar-refractivity contribution in [3.63, 3.8) is 0 Å². The van der Waals surface area contributed by atoms with Crippen LogP contribution < -0.4 is 4.74 Å². The molecule has 0 saturated carbocycles. The summed E-state index contributed by atoms with van der Waals surface area (Å²) in [4.78, 5) is 10.9. The van der Waals surface area contributed by atoms with E-state index in [1.165, 1.54) is 44.1 Å². The molecule has 23 heavy (non-hydrogen) atoms. The van der Waals surface area contributed by atoms with E-state index in [9.17, 15) is 4.79 Å². The standard InChI is InChI=1S/C20H32O3/c1-3-5-7-8-9-10-11-15-18-17(13-6-4-2)14-12-16-19(18)23-20(21)22/h12,14,16H,3-11,13,15H2,1-2H3,(H,21,22). The predicted octanol–water partition coefficient (Wildman–Crippen LogP) is 6.38. The van der Waals surface area contributed by atoms with E-state index < -0.39 is 6.16 Å². The van der Waals surface area contributed by atoms with Crippen LogP contribution in [0.15, 0.2) is 18.2 Å². The molecule has 1 rings (SSSR count). The Kier molecular flexibility index (Phi) is 10.2. The van der Waals surface area contributed by atoms with Crippen molar-refractivity contribution >= 4 is 6.16 Å². The Bertz CT molecular complexity index is 454. The molecule has 0 aliphatic heterocycles. The van der Waals surface area contributed by atoms with Crippen LogP contribution >= 0.6 is 0 Å². The summed E-state index contributed by atoms with van der Waals surface area (Å²) in [7, 11) is 0. The van der Waals surface area contributed by atoms with Gasteiger partial charge >= 0.3 is 6.16 Å². The molecular formula is C20H32O3. The molecule has 0 radical (unpaired) electrons. The smallest absolute Gasteiger partial charge is 0.449 e. The van der Waals surface area contributed by atoms with Gasteiger partial charge in [0.1, 0.15) is 5.75 Å². The van der Waals surface area contributed by atoms with E-state index >= 15 is 0 Å². The van der Waals surface area contributed by atoms with E-state index in [0.29, 0.717) is 5.75 Å². The number of hydrogen-bond acceptors (Lipinski definition) is 2. The maximum Gasteiger partial charge on any atom is 0.511 e. The lowest BCUT2D eigenvalue weighted by Crippen LogP contribution is -2.07. The van der Waals surface area contributed by atoms with Gasteiger partial charge in [-0.2, -0.15) is 0 Å². The monoisotopic (exact) mass is 320 g/mol. The largest absolute Gasteiger partial charge is 0.511 e. The van der Waals surface area contributed by atoms with E-state index in [-0.39, 0.29) is 0 Å². The zero-order chi connectivity index (χ0) is 16.9. The molecule has 0 aliphatic carbocycles. The highest BCUT2D eigenvalue weighted by Crippen LogP contribution is 2.26. The number of aryl methyl sites for hydroxylation is 1. The van der Waals surface area contributed by atoms with E-state index in [1.54, 1.807) is 6.07 Å². The highest BCUT2D eigenvalue weighted by atomic mass is 16.7. The Morgan fingerprint density at radius 3 is 2.22 bits per heavy atom. The van der Waals surface area contributed by atoms with Gasteiger partial charge in [-0.1, -0.05) is 70.9 Å². The Morgan fingerprint density at radius 2 is 1.57 bits per heavy atom. The lowest BCUT2D eigenvalue weighted by atomic mass is 9.96. The van der Waals surface area contributed by atoms with E-state index in [2.05, 4.69) is 19.9 Å². The SMILES string of the molecule is CCCCCCCCCc1c(CCCC)cccc1OC(=O)O. The minimum atomic E-state index is -1.22. The van der Waals surface area contributed by atoms with Crippen LogP contribution in [0.4, 0.5) is 4.79 Å². The molecule has 3 nitrogen and oxygen atoms in total. The van der Waals surface area contributed by atoms with Gasteiger partial charge in [0.2, 0.25) is 0 Å². The molecule has 0 saturated heterocycles. The summed E-state index contributed by atoms with van der Waals surface area (Å²) in [5.41, 5.74) is 2.34. The van der Waals surface area contributed by atoms with E-state index in [0.717, 1.165) is 37.7 Å². The molecule has 0 atom stereocenters. The Labute approximate surface area is 141 Å². The topological polar surface area (TPSA) is 46.5 Å². The van der Waals surface area contributed by atoms with Gasteiger partial charge in [-0.3, -0.25) is 0 Å². The van der Waals surface area contributed by atoms with E-state index in [1.807, 2.05) is 6.07 Å². The maximum atomic E-state index is 10.9. The fraction of sp³-hybridized carbons (Fsp3) is 0.650. The first-order valence-electron chi connectivity index (χ1n) is 9.20. The van der Waals surface area contributed by atoms with Crippen LogP contribution in [0.5, 0.6) is 5.75 Å². The Hall–Kier alpha value is -1.51. The summed E-state index contributed by atoms with van der Waals surface area (Å²) >= 11 is 0. The maximum absolute atomic E-state index is 10.9. The summed E-state index contributed by atoms with van der Waals surface area (Å²) < 4.78 is 4.99. The molecule has 0 aromatic heterocycles. The quantitative estimate of drug-likeness (QED) is 0.276. The molecule has 0 unspecified atom stereocenters. The lowest BCUT2D eigenvalue weighted by molar-refractivity contribution is 0.144. The van der Waals surface area contributed by atoms with Crippen LogP contribution in [0.3, 0.4) is 0 Å². The third kappa shape index (κ3) is 8.06. The zero-order valence-corrected chi connectivity index (χ0v) is 14.8. The number of rotatable bonds is 12. The minimum absolute atomic E-state index is 0.525. The summed E-state index contributed by atoms with van der Waals surface area (Å²) in [6.07, 6.45) is 11.8. The molecule has 130 valence electrons. The van der Waals surface area contributed by atoms with Gasteiger partial charge in [0.15, 0.2) is 0 Å². The number of unbranched alkanes of at least 4 members (excludes halogenated alkanes) is 7. The van der Waals surface area contributed by atoms with Crippen molar-refractivity contribution in [2.75, 3.05) is 0 Å². The van der Waals surface area contributed by atoms with Crippen molar-refractivity contribution < 1.29 is 14.6 Å². The molecule has 1 aromatic carbocycles. The van der Waals surface area contributed by atoms with Gasteiger partial charge < -0.3 is 9.84 Å². The van der Waals surface area contributed by atoms with Crippen LogP contribution in [-0.4, -0.2) is 11.3 Å². The normalized spacial score (nSPS) is 10.7. The van der Waals surface area contributed by atoms with Crippen molar-refractivity contribution in [3.05, 3.63) is 29.3 Å². The van der Waals surface area contributed by atoms with Gasteiger partial charge in [-0.05, 0) is 42.9 Å². The third-order valence-electron chi connectivity index (χ3n) is 4.26. The van der Waals surface area contributed by atoms with Crippen molar-refractivity contribution in [3.8, 4) is 5.75 Å². The average Bonchev–Trinajstić information content (AvgIpc) is 2.53. The molecule has 0 spiro atoms. The molecule has 0 amide bonds. The molecular weight excluding hydrogens is 288 g/mol. The van der Waals surface area contributed by atoms with Crippen molar-refractivity contribution in [2.24, 2.45) is 0 Å². The zero-order valence-electron chi connectivity index (χ0n) is 14.8. The van der Waals surface area contributed by atoms with Gasteiger partial charge in [0.05, 0.1) is 0 Å². The van der Waals surface area contributed by atoms with Gasteiger partial charge in [0.25, 0.3) is 0 Å². The van der Waals surface area contributed by atoms with Gasteiger partial charge in [-0.15, -0.1) is 0 Å². The van der Waals surface area contributed by atoms with Crippen LogP contribution in [0, 0.1) is 0 Å². The summed E-state index contributed by atoms with van der Waals surface area (Å²) in [5, 5.41) is 8.93. The van der Waals surface area contributed by atoms with E-state index in [4.69, 9.17) is 9.84 Å². The molecule has 1 aromatic rings. The first-order chi connectivity index (χ1) is 11.2. The lowest BCUT2D eigenvalue weighted by Gasteiger charge is -2.13. The Balaban J connectivity index is 2.59. The fourth-order valence-electron chi connectivity index (χ4n) is 2.94. The second kappa shape index (κ2) is 12.0. The fourth-order valence-corrected chi connectivity index (χ4v) is 2.94. The third-order valence-corrected chi connectivity index (χ3v) is 4.26. The average molecular weight is 320 g/mol. The number of carboxylic acid groups (broad SMARTS) is 1. The number of benzene rings is 1.